The lowest BCUT2D eigenvalue weighted by Crippen LogP contribution is -2.37. The lowest BCUT2D eigenvalue weighted by atomic mass is 10.0. The van der Waals surface area contributed by atoms with Gasteiger partial charge in [0.25, 0.3) is 0 Å². The third-order valence-corrected chi connectivity index (χ3v) is 5.67. The fraction of sp³-hybridized carbons (Fsp3) is 0.304. The van der Waals surface area contributed by atoms with E-state index in [4.69, 9.17) is 16.3 Å². The van der Waals surface area contributed by atoms with E-state index in [0.29, 0.717) is 29.1 Å². The monoisotopic (exact) mass is 507 g/mol. The molecule has 3 aromatic rings. The van der Waals surface area contributed by atoms with Crippen molar-refractivity contribution >= 4 is 23.0 Å². The number of aliphatic hydroxyl groups is 1. The van der Waals surface area contributed by atoms with Crippen molar-refractivity contribution in [1.29, 1.82) is 0 Å². The summed E-state index contributed by atoms with van der Waals surface area (Å²) < 4.78 is 46.2. The molecule has 0 radical (unpaired) electrons. The summed E-state index contributed by atoms with van der Waals surface area (Å²) in [5, 5.41) is 22.6. The highest BCUT2D eigenvalue weighted by Gasteiger charge is 2.39. The van der Waals surface area contributed by atoms with Gasteiger partial charge in [0.1, 0.15) is 5.75 Å². The second-order valence-corrected chi connectivity index (χ2v) is 8.37. The fourth-order valence-electron chi connectivity index (χ4n) is 3.67. The van der Waals surface area contributed by atoms with E-state index in [9.17, 15) is 23.1 Å². The quantitative estimate of drug-likeness (QED) is 0.502. The second kappa shape index (κ2) is 10.0. The number of hydrogen-bond acceptors (Lipinski definition) is 6. The Balaban J connectivity index is 1.56. The van der Waals surface area contributed by atoms with Gasteiger partial charge in [-0.05, 0) is 35.9 Å². The standard InChI is InChI=1S/C23H21ClF3N5O3/c1-35-19-5-3-2-4-15(19)10-17-11-18(29-28-17)12-32-22(34)31(13-20(33)23(25,26)27)21(30-32)14-6-8-16(24)9-7-14/h2-9,20,33H,10-13H2,1H3/t20-/m1/s1. The first-order chi connectivity index (χ1) is 16.7. The maximum Gasteiger partial charge on any atom is 0.416 e. The molecule has 12 heteroatoms. The molecule has 2 heterocycles. The molecule has 1 atom stereocenters. The van der Waals surface area contributed by atoms with Gasteiger partial charge in [0.05, 0.1) is 31.6 Å². The summed E-state index contributed by atoms with van der Waals surface area (Å²) in [5.74, 6) is 0.693. The van der Waals surface area contributed by atoms with E-state index in [1.54, 1.807) is 7.11 Å². The van der Waals surface area contributed by atoms with Crippen LogP contribution in [0.25, 0.3) is 11.4 Å². The average Bonchev–Trinajstić information content (AvgIpc) is 3.39. The molecule has 0 saturated heterocycles. The number of ether oxygens (including phenoxy) is 1. The van der Waals surface area contributed by atoms with E-state index < -0.39 is 24.5 Å². The van der Waals surface area contributed by atoms with Crippen LogP contribution >= 0.6 is 11.6 Å². The maximum atomic E-state index is 13.0. The fourth-order valence-corrected chi connectivity index (χ4v) is 3.80. The molecule has 184 valence electrons. The molecule has 0 unspecified atom stereocenters. The number of halogens is 4. The lowest BCUT2D eigenvalue weighted by molar-refractivity contribution is -0.207. The minimum atomic E-state index is -4.89. The van der Waals surface area contributed by atoms with Crippen molar-refractivity contribution in [3.8, 4) is 17.1 Å². The summed E-state index contributed by atoms with van der Waals surface area (Å²) in [6.07, 6.45) is -6.76. The van der Waals surface area contributed by atoms with Crippen LogP contribution in [0.1, 0.15) is 12.0 Å². The molecular formula is C23H21ClF3N5O3. The summed E-state index contributed by atoms with van der Waals surface area (Å²) >= 11 is 5.90. The zero-order valence-corrected chi connectivity index (χ0v) is 19.3. The molecule has 1 N–H and O–H groups in total. The zero-order valence-electron chi connectivity index (χ0n) is 18.5. The first kappa shape index (κ1) is 24.7. The van der Waals surface area contributed by atoms with E-state index in [1.807, 2.05) is 24.3 Å². The number of alkyl halides is 3. The van der Waals surface area contributed by atoms with Crippen molar-refractivity contribution in [2.45, 2.75) is 38.2 Å². The van der Waals surface area contributed by atoms with Crippen molar-refractivity contribution in [3.63, 3.8) is 0 Å². The highest BCUT2D eigenvalue weighted by atomic mass is 35.5. The molecule has 0 amide bonds. The van der Waals surface area contributed by atoms with E-state index in [1.165, 1.54) is 24.3 Å². The molecule has 1 aromatic heterocycles. The normalized spacial score (nSPS) is 14.6. The van der Waals surface area contributed by atoms with E-state index >= 15 is 0 Å². The highest BCUT2D eigenvalue weighted by molar-refractivity contribution is 6.30. The van der Waals surface area contributed by atoms with Crippen LogP contribution in [0.3, 0.4) is 0 Å². The number of aromatic nitrogens is 3. The van der Waals surface area contributed by atoms with Gasteiger partial charge in [0, 0.05) is 23.4 Å². The third-order valence-electron chi connectivity index (χ3n) is 5.42. The molecule has 4 rings (SSSR count). The van der Waals surface area contributed by atoms with E-state index in [-0.39, 0.29) is 12.4 Å². The Labute approximate surface area is 202 Å². The molecule has 2 aromatic carbocycles. The number of rotatable bonds is 8. The zero-order chi connectivity index (χ0) is 25.2. The number of para-hydroxylation sites is 1. The van der Waals surface area contributed by atoms with Crippen LogP contribution in [0.4, 0.5) is 13.2 Å². The van der Waals surface area contributed by atoms with Gasteiger partial charge in [-0.1, -0.05) is 29.8 Å². The number of nitrogens with zero attached hydrogens (tertiary/aromatic N) is 5. The molecule has 0 bridgehead atoms. The minimum Gasteiger partial charge on any atom is -0.496 e. The van der Waals surface area contributed by atoms with Crippen LogP contribution in [0, 0.1) is 0 Å². The van der Waals surface area contributed by atoms with Crippen molar-refractivity contribution in [2.24, 2.45) is 10.2 Å². The van der Waals surface area contributed by atoms with Crippen LogP contribution in [0.5, 0.6) is 5.75 Å². The van der Waals surface area contributed by atoms with Crippen molar-refractivity contribution in [2.75, 3.05) is 7.11 Å². The summed E-state index contributed by atoms with van der Waals surface area (Å²) in [4.78, 5) is 13.0. The number of methoxy groups -OCH3 is 1. The molecule has 0 saturated carbocycles. The van der Waals surface area contributed by atoms with Gasteiger partial charge in [-0.25, -0.2) is 9.48 Å². The molecule has 1 aliphatic heterocycles. The highest BCUT2D eigenvalue weighted by Crippen LogP contribution is 2.24. The topological polar surface area (TPSA) is 94.0 Å². The number of hydrogen-bond donors (Lipinski definition) is 1. The van der Waals surface area contributed by atoms with Gasteiger partial charge in [0.15, 0.2) is 11.9 Å². The smallest absolute Gasteiger partial charge is 0.416 e. The van der Waals surface area contributed by atoms with E-state index in [0.717, 1.165) is 26.3 Å². The van der Waals surface area contributed by atoms with Gasteiger partial charge in [-0.2, -0.15) is 23.4 Å². The van der Waals surface area contributed by atoms with Crippen LogP contribution in [0.15, 0.2) is 63.5 Å². The summed E-state index contributed by atoms with van der Waals surface area (Å²) in [6.45, 7) is -1.06. The summed E-state index contributed by atoms with van der Waals surface area (Å²) in [7, 11) is 1.58. The summed E-state index contributed by atoms with van der Waals surface area (Å²) in [6, 6.07) is 13.6. The second-order valence-electron chi connectivity index (χ2n) is 7.94. The largest absolute Gasteiger partial charge is 0.496 e. The van der Waals surface area contributed by atoms with Crippen LogP contribution in [-0.2, 0) is 19.5 Å². The Bertz CT molecular complexity index is 1330. The number of benzene rings is 2. The van der Waals surface area contributed by atoms with Crippen LogP contribution in [0.2, 0.25) is 5.02 Å². The SMILES string of the molecule is COc1ccccc1CC1=NN=C(Cn2nc(-c3ccc(Cl)cc3)n(C[C@@H](O)C(F)(F)F)c2=O)C1. The molecule has 0 spiro atoms. The Morgan fingerprint density at radius 3 is 2.49 bits per heavy atom. The number of aliphatic hydroxyl groups excluding tert-OH is 1. The molecule has 0 aliphatic carbocycles. The van der Waals surface area contributed by atoms with E-state index in [2.05, 4.69) is 15.3 Å². The first-order valence-corrected chi connectivity index (χ1v) is 10.9. The molecule has 1 aliphatic rings. The van der Waals surface area contributed by atoms with Crippen LogP contribution in [-0.4, -0.2) is 50.3 Å². The Hall–Kier alpha value is -3.44. The summed E-state index contributed by atoms with van der Waals surface area (Å²) in [5.41, 5.74) is 1.78. The van der Waals surface area contributed by atoms with Crippen LogP contribution < -0.4 is 10.4 Å². The van der Waals surface area contributed by atoms with Gasteiger partial charge in [-0.15, -0.1) is 5.10 Å². The predicted octanol–water partition coefficient (Wildman–Crippen LogP) is 3.74. The Morgan fingerprint density at radius 2 is 1.80 bits per heavy atom. The van der Waals surface area contributed by atoms with Gasteiger partial charge in [-0.3, -0.25) is 4.57 Å². The Morgan fingerprint density at radius 1 is 1.11 bits per heavy atom. The van der Waals surface area contributed by atoms with Gasteiger partial charge >= 0.3 is 11.9 Å². The van der Waals surface area contributed by atoms with Gasteiger partial charge < -0.3 is 9.84 Å². The predicted molar refractivity (Wildman–Crippen MR) is 125 cm³/mol. The van der Waals surface area contributed by atoms with Crippen molar-refractivity contribution in [3.05, 3.63) is 69.6 Å². The minimum absolute atomic E-state index is 0.0243. The van der Waals surface area contributed by atoms with Crippen molar-refractivity contribution < 1.29 is 23.0 Å². The Kier molecular flexibility index (Phi) is 7.08. The molecule has 8 nitrogen and oxygen atoms in total. The molecule has 35 heavy (non-hydrogen) atoms. The average molecular weight is 508 g/mol. The van der Waals surface area contributed by atoms with Crippen molar-refractivity contribution in [1.82, 2.24) is 14.3 Å². The maximum absolute atomic E-state index is 13.0. The third kappa shape index (κ3) is 5.63. The molecular weight excluding hydrogens is 487 g/mol. The lowest BCUT2D eigenvalue weighted by Gasteiger charge is -2.15. The van der Waals surface area contributed by atoms with Gasteiger partial charge in [0.2, 0.25) is 0 Å². The molecule has 0 fully saturated rings. The first-order valence-electron chi connectivity index (χ1n) is 10.6.